The maximum absolute atomic E-state index is 11.4. The van der Waals surface area contributed by atoms with E-state index in [0.29, 0.717) is 0 Å². The summed E-state index contributed by atoms with van der Waals surface area (Å²) in [4.78, 5) is 14.7. The third kappa shape index (κ3) is 3.66. The number of nitrogens with zero attached hydrogens (tertiary/aromatic N) is 1. The molecule has 0 aromatic heterocycles. The summed E-state index contributed by atoms with van der Waals surface area (Å²) in [6, 6.07) is 4.24. The van der Waals surface area contributed by atoms with Crippen LogP contribution in [0, 0.1) is 0 Å². The Hall–Kier alpha value is -1.00. The molecule has 1 aliphatic heterocycles. The van der Waals surface area contributed by atoms with Crippen molar-refractivity contribution in [2.24, 2.45) is 0 Å². The summed E-state index contributed by atoms with van der Waals surface area (Å²) in [6.07, 6.45) is 5.84. The number of carbonyl (C=O) groups excluding carboxylic acids is 1. The van der Waals surface area contributed by atoms with E-state index in [4.69, 9.17) is 0 Å². The number of fused-ring (bicyclic) bond motifs is 1. The van der Waals surface area contributed by atoms with E-state index in [1.807, 2.05) is 30.8 Å². The summed E-state index contributed by atoms with van der Waals surface area (Å²) in [5, 5.41) is 3.81. The highest BCUT2D eigenvalue weighted by Crippen LogP contribution is 2.36. The fraction of sp³-hybridized carbons (Fsp3) is 0.611. The van der Waals surface area contributed by atoms with Gasteiger partial charge in [-0.25, -0.2) is 0 Å². The molecule has 0 amide bonds. The molecule has 1 aromatic rings. The lowest BCUT2D eigenvalue weighted by molar-refractivity contribution is 0.112. The van der Waals surface area contributed by atoms with Crippen molar-refractivity contribution < 1.29 is 4.79 Å². The number of anilines is 1. The molecule has 0 spiro atoms. The van der Waals surface area contributed by atoms with Crippen LogP contribution in [0.2, 0.25) is 0 Å². The fourth-order valence-electron chi connectivity index (χ4n) is 3.01. The summed E-state index contributed by atoms with van der Waals surface area (Å²) in [5.41, 5.74) is 3.33. The number of hydrogen-bond acceptors (Lipinski definition) is 4. The average molecular weight is 321 g/mol. The zero-order chi connectivity index (χ0) is 16.2. The number of aldehydes is 1. The van der Waals surface area contributed by atoms with Gasteiger partial charge in [-0.15, -0.1) is 11.8 Å². The number of unbranched alkanes of at least 4 members (excludes halogenated alkanes) is 1. The molecular formula is C18H28N2OS. The SMILES string of the molecule is CCCC[C@]1(CC)CSc2cc(C=O)c(N(C)C)cc2CN1. The normalized spacial score (nSPS) is 21.1. The van der Waals surface area contributed by atoms with E-state index in [0.717, 1.165) is 36.3 Å². The summed E-state index contributed by atoms with van der Waals surface area (Å²) in [5.74, 6) is 1.08. The van der Waals surface area contributed by atoms with Crippen LogP contribution in [0.15, 0.2) is 17.0 Å². The molecule has 1 N–H and O–H groups in total. The average Bonchev–Trinajstić information content (AvgIpc) is 2.71. The highest BCUT2D eigenvalue weighted by molar-refractivity contribution is 7.99. The number of benzene rings is 1. The zero-order valence-corrected chi connectivity index (χ0v) is 15.1. The number of rotatable bonds is 6. The topological polar surface area (TPSA) is 32.3 Å². The number of thioether (sulfide) groups is 1. The Morgan fingerprint density at radius 2 is 2.14 bits per heavy atom. The molecule has 4 heteroatoms. The lowest BCUT2D eigenvalue weighted by Crippen LogP contribution is -2.45. The van der Waals surface area contributed by atoms with Gasteiger partial charge in [0.15, 0.2) is 6.29 Å². The maximum Gasteiger partial charge on any atom is 0.152 e. The van der Waals surface area contributed by atoms with Crippen LogP contribution in [0.5, 0.6) is 0 Å². The summed E-state index contributed by atoms with van der Waals surface area (Å²) < 4.78 is 0. The van der Waals surface area contributed by atoms with E-state index in [1.165, 1.54) is 29.7 Å². The van der Waals surface area contributed by atoms with Crippen molar-refractivity contribution >= 4 is 23.7 Å². The van der Waals surface area contributed by atoms with Crippen LogP contribution in [0.3, 0.4) is 0 Å². The van der Waals surface area contributed by atoms with Gasteiger partial charge in [0.25, 0.3) is 0 Å². The molecule has 3 nitrogen and oxygen atoms in total. The molecule has 0 bridgehead atoms. The Balaban J connectivity index is 2.29. The van der Waals surface area contributed by atoms with Crippen molar-refractivity contribution in [3.63, 3.8) is 0 Å². The minimum absolute atomic E-state index is 0.222. The number of hydrogen-bond donors (Lipinski definition) is 1. The first kappa shape index (κ1) is 17.4. The predicted molar refractivity (Wildman–Crippen MR) is 96.3 cm³/mol. The standard InChI is InChI=1S/C18H28N2OS/c1-5-7-8-18(6-2)13-22-17-10-15(12-21)16(20(3)4)9-14(17)11-19-18/h9-10,12,19H,5-8,11,13H2,1-4H3/t18-/m1/s1. The van der Waals surface area contributed by atoms with Crippen LogP contribution in [0.25, 0.3) is 0 Å². The smallest absolute Gasteiger partial charge is 0.152 e. The van der Waals surface area contributed by atoms with Crippen molar-refractivity contribution in [3.8, 4) is 0 Å². The van der Waals surface area contributed by atoms with Gasteiger partial charge in [-0.3, -0.25) is 4.79 Å². The number of carbonyl (C=O) groups is 1. The third-order valence-electron chi connectivity index (χ3n) is 4.66. The van der Waals surface area contributed by atoms with Gasteiger partial charge in [0.1, 0.15) is 0 Å². The molecule has 1 aliphatic rings. The van der Waals surface area contributed by atoms with E-state index < -0.39 is 0 Å². The predicted octanol–water partition coefficient (Wildman–Crippen LogP) is 4.10. The third-order valence-corrected chi connectivity index (χ3v) is 6.05. The van der Waals surface area contributed by atoms with Gasteiger partial charge in [-0.1, -0.05) is 26.7 Å². The van der Waals surface area contributed by atoms with Crippen molar-refractivity contribution in [2.45, 2.75) is 56.5 Å². The molecule has 2 rings (SSSR count). The molecule has 0 unspecified atom stereocenters. The van der Waals surface area contributed by atoms with Crippen molar-refractivity contribution in [3.05, 3.63) is 23.3 Å². The van der Waals surface area contributed by atoms with E-state index in [9.17, 15) is 4.79 Å². The Bertz CT molecular complexity index is 530. The van der Waals surface area contributed by atoms with E-state index in [1.54, 1.807) is 0 Å². The van der Waals surface area contributed by atoms with Gasteiger partial charge in [0, 0.05) is 48.1 Å². The summed E-state index contributed by atoms with van der Waals surface area (Å²) >= 11 is 1.90. The Kier molecular flexibility index (Phi) is 5.93. The Morgan fingerprint density at radius 1 is 1.36 bits per heavy atom. The maximum atomic E-state index is 11.4. The van der Waals surface area contributed by atoms with Crippen molar-refractivity contribution in [2.75, 3.05) is 24.7 Å². The lowest BCUT2D eigenvalue weighted by Gasteiger charge is -2.32. The van der Waals surface area contributed by atoms with Gasteiger partial charge in [0.05, 0.1) is 0 Å². The van der Waals surface area contributed by atoms with Crippen LogP contribution >= 0.6 is 11.8 Å². The van der Waals surface area contributed by atoms with Crippen LogP contribution in [0.4, 0.5) is 5.69 Å². The molecule has 1 heterocycles. The minimum atomic E-state index is 0.222. The minimum Gasteiger partial charge on any atom is -0.377 e. The van der Waals surface area contributed by atoms with Crippen molar-refractivity contribution in [1.82, 2.24) is 5.32 Å². The van der Waals surface area contributed by atoms with Gasteiger partial charge >= 0.3 is 0 Å². The highest BCUT2D eigenvalue weighted by Gasteiger charge is 2.30. The lowest BCUT2D eigenvalue weighted by atomic mass is 9.91. The molecular weight excluding hydrogens is 292 g/mol. The molecule has 1 aromatic carbocycles. The van der Waals surface area contributed by atoms with E-state index >= 15 is 0 Å². The molecule has 122 valence electrons. The second-order valence-electron chi connectivity index (χ2n) is 6.41. The first-order valence-electron chi connectivity index (χ1n) is 8.22. The first-order valence-corrected chi connectivity index (χ1v) is 9.21. The highest BCUT2D eigenvalue weighted by atomic mass is 32.2. The van der Waals surface area contributed by atoms with E-state index in [2.05, 4.69) is 31.3 Å². The second-order valence-corrected chi connectivity index (χ2v) is 7.43. The molecule has 0 saturated heterocycles. The quantitative estimate of drug-likeness (QED) is 0.800. The fourth-order valence-corrected chi connectivity index (χ4v) is 4.42. The molecule has 0 radical (unpaired) electrons. The zero-order valence-electron chi connectivity index (χ0n) is 14.2. The summed E-state index contributed by atoms with van der Waals surface area (Å²) in [6.45, 7) is 5.42. The molecule has 1 atom stereocenters. The van der Waals surface area contributed by atoms with Gasteiger partial charge in [-0.05, 0) is 30.5 Å². The monoisotopic (exact) mass is 320 g/mol. The van der Waals surface area contributed by atoms with Gasteiger partial charge < -0.3 is 10.2 Å². The Morgan fingerprint density at radius 3 is 2.73 bits per heavy atom. The number of nitrogens with one attached hydrogen (secondary N) is 1. The van der Waals surface area contributed by atoms with Gasteiger partial charge in [-0.2, -0.15) is 0 Å². The van der Waals surface area contributed by atoms with Crippen molar-refractivity contribution in [1.29, 1.82) is 0 Å². The van der Waals surface area contributed by atoms with Gasteiger partial charge in [0.2, 0.25) is 0 Å². The van der Waals surface area contributed by atoms with E-state index in [-0.39, 0.29) is 5.54 Å². The summed E-state index contributed by atoms with van der Waals surface area (Å²) in [7, 11) is 3.98. The second kappa shape index (κ2) is 7.51. The molecule has 0 fully saturated rings. The largest absolute Gasteiger partial charge is 0.377 e. The van der Waals surface area contributed by atoms with Crippen LogP contribution in [-0.2, 0) is 6.54 Å². The first-order chi connectivity index (χ1) is 10.5. The van der Waals surface area contributed by atoms with Crippen LogP contribution in [-0.4, -0.2) is 31.7 Å². The Labute approximate surface area is 138 Å². The van der Waals surface area contributed by atoms with Crippen LogP contribution < -0.4 is 10.2 Å². The molecule has 0 aliphatic carbocycles. The van der Waals surface area contributed by atoms with Crippen LogP contribution in [0.1, 0.15) is 55.5 Å². The molecule has 0 saturated carbocycles. The molecule has 22 heavy (non-hydrogen) atoms.